The van der Waals surface area contributed by atoms with Crippen molar-refractivity contribution in [2.24, 2.45) is 0 Å². The average molecular weight is 468 g/mol. The molecule has 1 aliphatic rings. The van der Waals surface area contributed by atoms with E-state index >= 15 is 0 Å². The molecule has 1 saturated heterocycles. The second-order valence-electron chi connectivity index (χ2n) is 8.58. The van der Waals surface area contributed by atoms with Gasteiger partial charge >= 0.3 is 0 Å². The molecule has 2 aromatic carbocycles. The van der Waals surface area contributed by atoms with E-state index < -0.39 is 6.04 Å². The molecule has 34 heavy (non-hydrogen) atoms. The molecule has 0 bridgehead atoms. The number of ether oxygens (including phenoxy) is 2. The highest BCUT2D eigenvalue weighted by Crippen LogP contribution is 2.26. The molecule has 8 heteroatoms. The SMILES string of the molecule is COc1ccc(CC(NC(C)=O)C(=O)NC2CCN(C(=O)c3cccc(C)c3)CC2)c(OC)c1. The highest BCUT2D eigenvalue weighted by Gasteiger charge is 2.28. The number of carbonyl (C=O) groups excluding carboxylic acids is 3. The quantitative estimate of drug-likeness (QED) is 0.622. The zero-order chi connectivity index (χ0) is 24.7. The van der Waals surface area contributed by atoms with Crippen LogP contribution in [0.5, 0.6) is 11.5 Å². The van der Waals surface area contributed by atoms with Crippen LogP contribution >= 0.6 is 0 Å². The van der Waals surface area contributed by atoms with Gasteiger partial charge in [-0.25, -0.2) is 0 Å². The molecule has 3 rings (SSSR count). The molecule has 1 atom stereocenters. The normalized spacial score (nSPS) is 14.8. The van der Waals surface area contributed by atoms with E-state index in [1.54, 1.807) is 26.4 Å². The van der Waals surface area contributed by atoms with E-state index in [4.69, 9.17) is 9.47 Å². The van der Waals surface area contributed by atoms with Crippen LogP contribution in [0.1, 0.15) is 41.3 Å². The predicted molar refractivity (Wildman–Crippen MR) is 129 cm³/mol. The van der Waals surface area contributed by atoms with E-state index in [2.05, 4.69) is 10.6 Å². The number of hydrogen-bond donors (Lipinski definition) is 2. The summed E-state index contributed by atoms with van der Waals surface area (Å²) in [5, 5.41) is 5.80. The van der Waals surface area contributed by atoms with Crippen molar-refractivity contribution in [2.45, 2.75) is 45.2 Å². The molecule has 1 heterocycles. The predicted octanol–water partition coefficient (Wildman–Crippen LogP) is 2.48. The Morgan fingerprint density at radius 2 is 1.79 bits per heavy atom. The lowest BCUT2D eigenvalue weighted by Gasteiger charge is -2.33. The molecule has 0 aromatic heterocycles. The maximum Gasteiger partial charge on any atom is 0.253 e. The van der Waals surface area contributed by atoms with Gasteiger partial charge in [-0.3, -0.25) is 14.4 Å². The number of aryl methyl sites for hydroxylation is 1. The number of carbonyl (C=O) groups is 3. The summed E-state index contributed by atoms with van der Waals surface area (Å²) < 4.78 is 10.7. The molecular weight excluding hydrogens is 434 g/mol. The molecule has 0 aliphatic carbocycles. The number of nitrogens with zero attached hydrogens (tertiary/aromatic N) is 1. The maximum atomic E-state index is 13.1. The van der Waals surface area contributed by atoms with Gasteiger partial charge in [0.25, 0.3) is 5.91 Å². The Kier molecular flexibility index (Phi) is 8.51. The van der Waals surface area contributed by atoms with Crippen molar-refractivity contribution in [3.63, 3.8) is 0 Å². The van der Waals surface area contributed by atoms with E-state index in [1.165, 1.54) is 6.92 Å². The smallest absolute Gasteiger partial charge is 0.253 e. The summed E-state index contributed by atoms with van der Waals surface area (Å²) in [5.74, 6) is 0.706. The van der Waals surface area contributed by atoms with Gasteiger partial charge in [-0.05, 0) is 43.5 Å². The van der Waals surface area contributed by atoms with Crippen molar-refractivity contribution < 1.29 is 23.9 Å². The van der Waals surface area contributed by atoms with Gasteiger partial charge in [0.2, 0.25) is 11.8 Å². The Balaban J connectivity index is 1.61. The van der Waals surface area contributed by atoms with Crippen LogP contribution in [-0.4, -0.2) is 62.0 Å². The number of amides is 3. The van der Waals surface area contributed by atoms with Crippen LogP contribution in [-0.2, 0) is 16.0 Å². The van der Waals surface area contributed by atoms with Gasteiger partial charge in [-0.15, -0.1) is 0 Å². The molecular formula is C26H33N3O5. The second kappa shape index (κ2) is 11.5. The van der Waals surface area contributed by atoms with Crippen molar-refractivity contribution >= 4 is 17.7 Å². The summed E-state index contributed by atoms with van der Waals surface area (Å²) >= 11 is 0. The number of nitrogens with one attached hydrogen (secondary N) is 2. The fourth-order valence-corrected chi connectivity index (χ4v) is 4.18. The summed E-state index contributed by atoms with van der Waals surface area (Å²) in [7, 11) is 3.12. The maximum absolute atomic E-state index is 13.1. The summed E-state index contributed by atoms with van der Waals surface area (Å²) in [4.78, 5) is 39.5. The first kappa shape index (κ1) is 25.1. The fourth-order valence-electron chi connectivity index (χ4n) is 4.18. The number of rotatable bonds is 8. The van der Waals surface area contributed by atoms with Gasteiger partial charge < -0.3 is 25.0 Å². The number of piperidine rings is 1. The third kappa shape index (κ3) is 6.50. The van der Waals surface area contributed by atoms with Gasteiger partial charge in [0.1, 0.15) is 17.5 Å². The highest BCUT2D eigenvalue weighted by molar-refractivity contribution is 5.94. The number of hydrogen-bond acceptors (Lipinski definition) is 5. The minimum absolute atomic E-state index is 0.0104. The minimum Gasteiger partial charge on any atom is -0.497 e. The number of likely N-dealkylation sites (tertiary alicyclic amines) is 1. The molecule has 8 nitrogen and oxygen atoms in total. The summed E-state index contributed by atoms with van der Waals surface area (Å²) in [6.07, 6.45) is 1.59. The lowest BCUT2D eigenvalue weighted by molar-refractivity contribution is -0.128. The Labute approximate surface area is 200 Å². The Bertz CT molecular complexity index is 1030. The van der Waals surface area contributed by atoms with Crippen molar-refractivity contribution in [3.05, 3.63) is 59.2 Å². The first-order chi connectivity index (χ1) is 16.3. The Hall–Kier alpha value is -3.55. The van der Waals surface area contributed by atoms with Crippen LogP contribution in [0.3, 0.4) is 0 Å². The molecule has 2 aromatic rings. The van der Waals surface area contributed by atoms with Crippen LogP contribution in [0.25, 0.3) is 0 Å². The number of methoxy groups -OCH3 is 2. The van der Waals surface area contributed by atoms with E-state index in [0.29, 0.717) is 43.0 Å². The van der Waals surface area contributed by atoms with Gasteiger partial charge in [0, 0.05) is 44.1 Å². The van der Waals surface area contributed by atoms with Crippen molar-refractivity contribution in [1.82, 2.24) is 15.5 Å². The number of benzene rings is 2. The minimum atomic E-state index is -0.744. The first-order valence-electron chi connectivity index (χ1n) is 11.4. The van der Waals surface area contributed by atoms with Gasteiger partial charge in [-0.1, -0.05) is 23.8 Å². The van der Waals surface area contributed by atoms with Crippen LogP contribution in [0.15, 0.2) is 42.5 Å². The lowest BCUT2D eigenvalue weighted by atomic mass is 10.0. The van der Waals surface area contributed by atoms with Crippen LogP contribution in [0, 0.1) is 6.92 Å². The molecule has 1 aliphatic heterocycles. The van der Waals surface area contributed by atoms with Crippen molar-refractivity contribution in [1.29, 1.82) is 0 Å². The molecule has 2 N–H and O–H groups in total. The topological polar surface area (TPSA) is 97.0 Å². The zero-order valence-electron chi connectivity index (χ0n) is 20.2. The molecule has 0 radical (unpaired) electrons. The average Bonchev–Trinajstić information content (AvgIpc) is 2.83. The zero-order valence-corrected chi connectivity index (χ0v) is 20.2. The van der Waals surface area contributed by atoms with Crippen LogP contribution in [0.2, 0.25) is 0 Å². The van der Waals surface area contributed by atoms with Gasteiger partial charge in [0.15, 0.2) is 0 Å². The molecule has 182 valence electrons. The summed E-state index contributed by atoms with van der Waals surface area (Å²) in [6.45, 7) is 4.48. The van der Waals surface area contributed by atoms with E-state index in [9.17, 15) is 14.4 Å². The third-order valence-corrected chi connectivity index (χ3v) is 6.01. The van der Waals surface area contributed by atoms with E-state index in [1.807, 2.05) is 42.2 Å². The summed E-state index contributed by atoms with van der Waals surface area (Å²) in [5.41, 5.74) is 2.52. The molecule has 1 unspecified atom stereocenters. The molecule has 1 fully saturated rings. The van der Waals surface area contributed by atoms with E-state index in [-0.39, 0.29) is 30.2 Å². The van der Waals surface area contributed by atoms with Crippen LogP contribution in [0.4, 0.5) is 0 Å². The van der Waals surface area contributed by atoms with Crippen molar-refractivity contribution in [3.8, 4) is 11.5 Å². The highest BCUT2D eigenvalue weighted by atomic mass is 16.5. The van der Waals surface area contributed by atoms with Gasteiger partial charge in [-0.2, -0.15) is 0 Å². The summed E-state index contributed by atoms with van der Waals surface area (Å²) in [6, 6.07) is 12.1. The van der Waals surface area contributed by atoms with E-state index in [0.717, 1.165) is 11.1 Å². The third-order valence-electron chi connectivity index (χ3n) is 6.01. The lowest BCUT2D eigenvalue weighted by Crippen LogP contribution is -2.53. The molecule has 3 amide bonds. The second-order valence-corrected chi connectivity index (χ2v) is 8.58. The fraction of sp³-hybridized carbons (Fsp3) is 0.423. The van der Waals surface area contributed by atoms with Crippen molar-refractivity contribution in [2.75, 3.05) is 27.3 Å². The van der Waals surface area contributed by atoms with Gasteiger partial charge in [0.05, 0.1) is 14.2 Å². The Morgan fingerprint density at radius 3 is 2.41 bits per heavy atom. The molecule has 0 spiro atoms. The first-order valence-corrected chi connectivity index (χ1v) is 11.4. The monoisotopic (exact) mass is 467 g/mol. The standard InChI is InChI=1S/C26H33N3O5/c1-17-6-5-7-20(14-17)26(32)29-12-10-21(11-13-29)28-25(31)23(27-18(2)30)15-19-8-9-22(33-3)16-24(19)34-4/h5-9,14,16,21,23H,10-13,15H2,1-4H3,(H,27,30)(H,28,31). The largest absolute Gasteiger partial charge is 0.497 e. The Morgan fingerprint density at radius 1 is 1.06 bits per heavy atom. The van der Waals surface area contributed by atoms with Crippen LogP contribution < -0.4 is 20.1 Å². The molecule has 0 saturated carbocycles.